The zero-order valence-electron chi connectivity index (χ0n) is 11.4. The lowest BCUT2D eigenvalue weighted by Gasteiger charge is -2.14. The van der Waals surface area contributed by atoms with E-state index in [0.717, 1.165) is 23.0 Å². The van der Waals surface area contributed by atoms with Crippen molar-refractivity contribution in [2.45, 2.75) is 23.6 Å². The number of thiophene rings is 1. The number of aromatic nitrogens is 1. The third-order valence-corrected chi connectivity index (χ3v) is 5.39. The number of nitrogens with zero attached hydrogens (tertiary/aromatic N) is 1. The Hall–Kier alpha value is -1.87. The van der Waals surface area contributed by atoms with E-state index in [1.165, 1.54) is 5.38 Å². The molecule has 1 unspecified atom stereocenters. The SMILES string of the molecule is CC(NC(=O)c1sccc1S(=O)(=O)C(F)F)c1ccncc1. The van der Waals surface area contributed by atoms with Gasteiger partial charge in [-0.1, -0.05) is 0 Å². The van der Waals surface area contributed by atoms with Crippen molar-refractivity contribution in [1.82, 2.24) is 10.3 Å². The molecule has 1 atom stereocenters. The second kappa shape index (κ2) is 6.49. The number of rotatable bonds is 5. The third kappa shape index (κ3) is 3.30. The van der Waals surface area contributed by atoms with Crippen molar-refractivity contribution >= 4 is 27.1 Å². The zero-order chi connectivity index (χ0) is 16.3. The molecule has 0 aliphatic carbocycles. The molecule has 0 radical (unpaired) electrons. The van der Waals surface area contributed by atoms with Crippen molar-refractivity contribution in [2.75, 3.05) is 0 Å². The molecule has 2 heterocycles. The van der Waals surface area contributed by atoms with Crippen LogP contribution in [0, 0.1) is 0 Å². The molecule has 0 bridgehead atoms. The Morgan fingerprint density at radius 1 is 1.27 bits per heavy atom. The molecule has 0 aliphatic rings. The summed E-state index contributed by atoms with van der Waals surface area (Å²) < 4.78 is 48.3. The molecular formula is C13H12F2N2O3S2. The van der Waals surface area contributed by atoms with Gasteiger partial charge in [0.05, 0.1) is 10.9 Å². The number of amides is 1. The van der Waals surface area contributed by atoms with Crippen LogP contribution in [0.5, 0.6) is 0 Å². The van der Waals surface area contributed by atoms with E-state index in [2.05, 4.69) is 10.3 Å². The molecule has 0 saturated heterocycles. The first-order chi connectivity index (χ1) is 10.3. The van der Waals surface area contributed by atoms with Crippen molar-refractivity contribution in [2.24, 2.45) is 0 Å². The third-order valence-electron chi connectivity index (χ3n) is 2.93. The van der Waals surface area contributed by atoms with Crippen molar-refractivity contribution in [3.8, 4) is 0 Å². The van der Waals surface area contributed by atoms with E-state index in [4.69, 9.17) is 0 Å². The fraction of sp³-hybridized carbons (Fsp3) is 0.231. The van der Waals surface area contributed by atoms with E-state index in [1.54, 1.807) is 31.5 Å². The van der Waals surface area contributed by atoms with Gasteiger partial charge in [0.15, 0.2) is 0 Å². The summed E-state index contributed by atoms with van der Waals surface area (Å²) in [6.45, 7) is 1.70. The molecule has 2 rings (SSSR count). The molecular weight excluding hydrogens is 334 g/mol. The maximum atomic E-state index is 12.6. The maximum Gasteiger partial charge on any atom is 0.341 e. The Kier molecular flexibility index (Phi) is 4.87. The van der Waals surface area contributed by atoms with Crippen molar-refractivity contribution in [1.29, 1.82) is 0 Å². The highest BCUT2D eigenvalue weighted by Gasteiger charge is 2.32. The Bertz CT molecular complexity index is 761. The summed E-state index contributed by atoms with van der Waals surface area (Å²) in [5.41, 5.74) is 0.762. The minimum absolute atomic E-state index is 0.249. The number of sulfone groups is 1. The monoisotopic (exact) mass is 346 g/mol. The molecule has 0 saturated carbocycles. The summed E-state index contributed by atoms with van der Waals surface area (Å²) in [4.78, 5) is 15.1. The van der Waals surface area contributed by atoms with Gasteiger partial charge in [-0.15, -0.1) is 11.3 Å². The number of hydrogen-bond acceptors (Lipinski definition) is 5. The number of carbonyl (C=O) groups is 1. The molecule has 0 fully saturated rings. The second-order valence-corrected chi connectivity index (χ2v) is 7.20. The largest absolute Gasteiger partial charge is 0.345 e. The van der Waals surface area contributed by atoms with Gasteiger partial charge in [0.2, 0.25) is 9.84 Å². The van der Waals surface area contributed by atoms with Crippen LogP contribution in [0.1, 0.15) is 28.2 Å². The Labute approximate surface area is 129 Å². The maximum absolute atomic E-state index is 12.6. The topological polar surface area (TPSA) is 76.1 Å². The summed E-state index contributed by atoms with van der Waals surface area (Å²) >= 11 is 0.802. The van der Waals surface area contributed by atoms with E-state index in [1.807, 2.05) is 0 Å². The molecule has 2 aromatic heterocycles. The van der Waals surface area contributed by atoms with E-state index >= 15 is 0 Å². The average Bonchev–Trinajstić information content (AvgIpc) is 2.98. The summed E-state index contributed by atoms with van der Waals surface area (Å²) in [5, 5.41) is 3.88. The first-order valence-corrected chi connectivity index (χ1v) is 8.57. The summed E-state index contributed by atoms with van der Waals surface area (Å²) in [6, 6.07) is 3.98. The van der Waals surface area contributed by atoms with E-state index in [-0.39, 0.29) is 4.88 Å². The van der Waals surface area contributed by atoms with Gasteiger partial charge in [0.25, 0.3) is 5.91 Å². The molecule has 2 aromatic rings. The molecule has 118 valence electrons. The fourth-order valence-electron chi connectivity index (χ4n) is 1.78. The van der Waals surface area contributed by atoms with Crippen LogP contribution in [0.25, 0.3) is 0 Å². The highest BCUT2D eigenvalue weighted by atomic mass is 32.2. The van der Waals surface area contributed by atoms with Gasteiger partial charge in [0.1, 0.15) is 4.88 Å². The van der Waals surface area contributed by atoms with Crippen molar-refractivity contribution < 1.29 is 22.0 Å². The minimum Gasteiger partial charge on any atom is -0.345 e. The van der Waals surface area contributed by atoms with Crippen LogP contribution >= 0.6 is 11.3 Å². The van der Waals surface area contributed by atoms with E-state index in [9.17, 15) is 22.0 Å². The van der Waals surface area contributed by atoms with Crippen LogP contribution in [0.3, 0.4) is 0 Å². The Morgan fingerprint density at radius 2 is 1.91 bits per heavy atom. The number of hydrogen-bond donors (Lipinski definition) is 1. The van der Waals surface area contributed by atoms with Crippen LogP contribution in [0.4, 0.5) is 8.78 Å². The van der Waals surface area contributed by atoms with Crippen LogP contribution in [0.15, 0.2) is 40.9 Å². The molecule has 22 heavy (non-hydrogen) atoms. The Balaban J connectivity index is 2.24. The Morgan fingerprint density at radius 3 is 2.50 bits per heavy atom. The van der Waals surface area contributed by atoms with Crippen LogP contribution < -0.4 is 5.32 Å². The number of carbonyl (C=O) groups excluding carboxylic acids is 1. The zero-order valence-corrected chi connectivity index (χ0v) is 13.0. The number of pyridine rings is 1. The smallest absolute Gasteiger partial charge is 0.341 e. The lowest BCUT2D eigenvalue weighted by molar-refractivity contribution is 0.0941. The number of nitrogens with one attached hydrogen (secondary N) is 1. The van der Waals surface area contributed by atoms with Crippen LogP contribution in [-0.2, 0) is 9.84 Å². The highest BCUT2D eigenvalue weighted by Crippen LogP contribution is 2.27. The van der Waals surface area contributed by atoms with Gasteiger partial charge in [-0.25, -0.2) is 8.42 Å². The molecule has 1 N–H and O–H groups in total. The summed E-state index contributed by atoms with van der Waals surface area (Å²) in [5.74, 6) is -4.27. The fourth-order valence-corrected chi connectivity index (χ4v) is 3.85. The first-order valence-electron chi connectivity index (χ1n) is 6.14. The lowest BCUT2D eigenvalue weighted by Crippen LogP contribution is -2.27. The van der Waals surface area contributed by atoms with Gasteiger partial charge in [-0.05, 0) is 36.1 Å². The van der Waals surface area contributed by atoms with Crippen LogP contribution in [-0.4, -0.2) is 25.1 Å². The molecule has 0 aliphatic heterocycles. The molecule has 5 nitrogen and oxygen atoms in total. The predicted molar refractivity (Wildman–Crippen MR) is 77.6 cm³/mol. The predicted octanol–water partition coefficient (Wildman–Crippen LogP) is 2.63. The minimum atomic E-state index is -4.80. The number of halogens is 2. The van der Waals surface area contributed by atoms with E-state index in [0.29, 0.717) is 0 Å². The number of alkyl halides is 2. The van der Waals surface area contributed by atoms with Crippen LogP contribution in [0.2, 0.25) is 0 Å². The molecule has 9 heteroatoms. The van der Waals surface area contributed by atoms with Gasteiger partial charge in [-0.3, -0.25) is 9.78 Å². The molecule has 0 spiro atoms. The van der Waals surface area contributed by atoms with Gasteiger partial charge < -0.3 is 5.32 Å². The van der Waals surface area contributed by atoms with Crippen molar-refractivity contribution in [3.05, 3.63) is 46.4 Å². The lowest BCUT2D eigenvalue weighted by atomic mass is 10.1. The average molecular weight is 346 g/mol. The van der Waals surface area contributed by atoms with Crippen molar-refractivity contribution in [3.63, 3.8) is 0 Å². The quantitative estimate of drug-likeness (QED) is 0.903. The van der Waals surface area contributed by atoms with Gasteiger partial charge >= 0.3 is 5.76 Å². The molecule has 1 amide bonds. The summed E-state index contributed by atoms with van der Waals surface area (Å²) in [7, 11) is -4.80. The standard InChI is InChI=1S/C13H12F2N2O3S2/c1-8(9-2-5-16-6-3-9)17-12(18)11-10(4-7-21-11)22(19,20)13(14)15/h2-8,13H,1H3,(H,17,18). The molecule has 0 aromatic carbocycles. The highest BCUT2D eigenvalue weighted by molar-refractivity contribution is 7.92. The second-order valence-electron chi connectivity index (χ2n) is 4.40. The summed E-state index contributed by atoms with van der Waals surface area (Å²) in [6.07, 6.45) is 3.10. The van der Waals surface area contributed by atoms with E-state index < -0.39 is 32.4 Å². The van der Waals surface area contributed by atoms with Gasteiger partial charge in [0, 0.05) is 12.4 Å². The first kappa shape index (κ1) is 16.5. The normalized spacial score (nSPS) is 13.1. The van der Waals surface area contributed by atoms with Gasteiger partial charge in [-0.2, -0.15) is 8.78 Å².